The Morgan fingerprint density at radius 3 is 2.08 bits per heavy atom. The van der Waals surface area contributed by atoms with Gasteiger partial charge in [-0.3, -0.25) is 9.59 Å². The lowest BCUT2D eigenvalue weighted by Gasteiger charge is -2.27. The van der Waals surface area contributed by atoms with Gasteiger partial charge in [-0.15, -0.1) is 0 Å². The lowest BCUT2D eigenvalue weighted by molar-refractivity contribution is -0.149. The lowest BCUT2D eigenvalue weighted by Crippen LogP contribution is -2.39. The van der Waals surface area contributed by atoms with Gasteiger partial charge in [-0.05, 0) is 31.9 Å². The lowest BCUT2D eigenvalue weighted by atomic mass is 9.75. The molecule has 0 saturated carbocycles. The normalized spacial score (nSPS) is 13.9. The van der Waals surface area contributed by atoms with Crippen molar-refractivity contribution in [1.29, 1.82) is 0 Å². The summed E-state index contributed by atoms with van der Waals surface area (Å²) in [4.78, 5) is 25.7. The fourth-order valence-corrected chi connectivity index (χ4v) is 2.53. The molecule has 24 heavy (non-hydrogen) atoms. The van der Waals surface area contributed by atoms with Crippen LogP contribution in [0.1, 0.15) is 36.7 Å². The number of esters is 1. The molecule has 2 rings (SSSR count). The van der Waals surface area contributed by atoms with Crippen molar-refractivity contribution in [3.63, 3.8) is 0 Å². The maximum Gasteiger partial charge on any atom is 0.323 e. The summed E-state index contributed by atoms with van der Waals surface area (Å²) in [5.74, 6) is -0.783. The van der Waals surface area contributed by atoms with Crippen LogP contribution in [0.4, 0.5) is 0 Å². The Kier molecular flexibility index (Phi) is 5.69. The fraction of sp³-hybridized carbons (Fsp3) is 0.238. The third-order valence-corrected chi connectivity index (χ3v) is 4.15. The highest BCUT2D eigenvalue weighted by Gasteiger charge is 2.44. The van der Waals surface area contributed by atoms with Gasteiger partial charge in [0.25, 0.3) is 0 Å². The smallest absolute Gasteiger partial charge is 0.323 e. The monoisotopic (exact) mass is 322 g/mol. The molecule has 0 fully saturated rings. The van der Waals surface area contributed by atoms with Crippen LogP contribution in [0.3, 0.4) is 0 Å². The van der Waals surface area contributed by atoms with Crippen LogP contribution in [-0.2, 0) is 9.53 Å². The van der Waals surface area contributed by atoms with Crippen LogP contribution in [0.5, 0.6) is 0 Å². The average molecular weight is 322 g/mol. The fourth-order valence-electron chi connectivity index (χ4n) is 2.53. The van der Waals surface area contributed by atoms with Gasteiger partial charge in [-0.25, -0.2) is 0 Å². The molecule has 0 heterocycles. The topological polar surface area (TPSA) is 43.4 Å². The summed E-state index contributed by atoms with van der Waals surface area (Å²) in [6.45, 7) is 5.40. The first-order chi connectivity index (χ1) is 11.5. The molecule has 1 unspecified atom stereocenters. The molecule has 3 nitrogen and oxygen atoms in total. The van der Waals surface area contributed by atoms with E-state index in [1.54, 1.807) is 45.0 Å². The Balaban J connectivity index is 2.49. The summed E-state index contributed by atoms with van der Waals surface area (Å²) in [7, 11) is 0. The molecular weight excluding hydrogens is 300 g/mol. The molecule has 0 spiro atoms. The number of hydrogen-bond acceptors (Lipinski definition) is 3. The predicted molar refractivity (Wildman–Crippen MR) is 95.6 cm³/mol. The van der Waals surface area contributed by atoms with Crippen molar-refractivity contribution < 1.29 is 14.3 Å². The summed E-state index contributed by atoms with van der Waals surface area (Å²) in [5, 5.41) is 0. The van der Waals surface area contributed by atoms with Crippen molar-refractivity contribution >= 4 is 17.8 Å². The van der Waals surface area contributed by atoms with E-state index in [-0.39, 0.29) is 12.4 Å². The number of rotatable bonds is 6. The van der Waals surface area contributed by atoms with Crippen molar-refractivity contribution in [1.82, 2.24) is 0 Å². The zero-order valence-corrected chi connectivity index (χ0v) is 14.3. The van der Waals surface area contributed by atoms with E-state index in [1.807, 2.05) is 42.5 Å². The van der Waals surface area contributed by atoms with Gasteiger partial charge < -0.3 is 4.74 Å². The van der Waals surface area contributed by atoms with Crippen LogP contribution in [0.2, 0.25) is 0 Å². The quantitative estimate of drug-likeness (QED) is 0.445. The van der Waals surface area contributed by atoms with Gasteiger partial charge in [0.1, 0.15) is 5.41 Å². The van der Waals surface area contributed by atoms with E-state index in [0.717, 1.165) is 5.56 Å². The molecule has 0 aliphatic rings. The molecule has 0 aliphatic heterocycles. The highest BCUT2D eigenvalue weighted by molar-refractivity contribution is 6.15. The molecule has 124 valence electrons. The molecule has 1 atom stereocenters. The van der Waals surface area contributed by atoms with E-state index in [0.29, 0.717) is 11.1 Å². The maximum atomic E-state index is 13.1. The number of ketones is 1. The van der Waals surface area contributed by atoms with Crippen LogP contribution >= 0.6 is 0 Å². The van der Waals surface area contributed by atoms with Gasteiger partial charge in [-0.2, -0.15) is 0 Å². The van der Waals surface area contributed by atoms with Gasteiger partial charge >= 0.3 is 5.97 Å². The number of hydrogen-bond donors (Lipinski definition) is 0. The minimum Gasteiger partial charge on any atom is -0.465 e. The van der Waals surface area contributed by atoms with Crippen molar-refractivity contribution in [2.75, 3.05) is 6.61 Å². The standard InChI is InChI=1S/C21H22O3/c1-4-24-20(23)21(3,19(22)18-13-9-6-10-14-18)16(2)15-17-11-7-5-8-12-17/h5-15H,4H2,1-3H3/b16-15-. The van der Waals surface area contributed by atoms with Crippen LogP contribution in [0.25, 0.3) is 6.08 Å². The van der Waals surface area contributed by atoms with E-state index in [4.69, 9.17) is 4.74 Å². The SMILES string of the molecule is CCOC(=O)C(C)(C(=O)c1ccccc1)/C(C)=C\c1ccccc1. The Morgan fingerprint density at radius 2 is 1.54 bits per heavy atom. The van der Waals surface area contributed by atoms with Crippen molar-refractivity contribution in [3.8, 4) is 0 Å². The van der Waals surface area contributed by atoms with E-state index >= 15 is 0 Å². The Morgan fingerprint density at radius 1 is 1.00 bits per heavy atom. The van der Waals surface area contributed by atoms with E-state index in [2.05, 4.69) is 0 Å². The van der Waals surface area contributed by atoms with Crippen molar-refractivity contribution in [2.24, 2.45) is 5.41 Å². The molecule has 0 aromatic heterocycles. The zero-order chi connectivity index (χ0) is 17.6. The maximum absolute atomic E-state index is 13.1. The molecule has 0 bridgehead atoms. The largest absolute Gasteiger partial charge is 0.465 e. The summed E-state index contributed by atoms with van der Waals surface area (Å²) in [6.07, 6.45) is 1.86. The zero-order valence-electron chi connectivity index (χ0n) is 14.3. The molecule has 0 saturated heterocycles. The third-order valence-electron chi connectivity index (χ3n) is 4.15. The molecule has 0 aliphatic carbocycles. The molecule has 2 aromatic rings. The Bertz CT molecular complexity index is 732. The first-order valence-electron chi connectivity index (χ1n) is 8.01. The minimum absolute atomic E-state index is 0.231. The van der Waals surface area contributed by atoms with Gasteiger partial charge in [-0.1, -0.05) is 66.7 Å². The van der Waals surface area contributed by atoms with Gasteiger partial charge in [0.05, 0.1) is 6.61 Å². The van der Waals surface area contributed by atoms with E-state index in [1.165, 1.54) is 0 Å². The Hall–Kier alpha value is -2.68. The number of benzene rings is 2. The number of ether oxygens (including phenoxy) is 1. The van der Waals surface area contributed by atoms with Crippen molar-refractivity contribution in [2.45, 2.75) is 20.8 Å². The van der Waals surface area contributed by atoms with Crippen LogP contribution < -0.4 is 0 Å². The molecule has 0 amide bonds. The highest BCUT2D eigenvalue weighted by Crippen LogP contribution is 2.34. The van der Waals surface area contributed by atoms with Crippen molar-refractivity contribution in [3.05, 3.63) is 77.4 Å². The second kappa shape index (κ2) is 7.73. The summed E-state index contributed by atoms with van der Waals surface area (Å²) < 4.78 is 5.21. The van der Waals surface area contributed by atoms with E-state index in [9.17, 15) is 9.59 Å². The predicted octanol–water partition coefficient (Wildman–Crippen LogP) is 4.54. The molecule has 0 radical (unpaired) electrons. The molecular formula is C21H22O3. The van der Waals surface area contributed by atoms with Crippen LogP contribution in [0.15, 0.2) is 66.2 Å². The van der Waals surface area contributed by atoms with E-state index < -0.39 is 11.4 Å². The number of Topliss-reactive ketones (excluding diaryl/α,β-unsaturated/α-hetero) is 1. The second-order valence-electron chi connectivity index (χ2n) is 5.78. The third kappa shape index (κ3) is 3.62. The first-order valence-corrected chi connectivity index (χ1v) is 8.01. The minimum atomic E-state index is -1.35. The summed E-state index contributed by atoms with van der Waals surface area (Å²) >= 11 is 0. The van der Waals surface area contributed by atoms with Gasteiger partial charge in [0, 0.05) is 5.56 Å². The van der Waals surface area contributed by atoms with Crippen LogP contribution in [0, 0.1) is 5.41 Å². The van der Waals surface area contributed by atoms with Gasteiger partial charge in [0.2, 0.25) is 0 Å². The molecule has 3 heteroatoms. The Labute approximate surface area is 143 Å². The number of carbonyl (C=O) groups excluding carboxylic acids is 2. The summed E-state index contributed by atoms with van der Waals surface area (Å²) in [5.41, 5.74) is 0.731. The molecule has 2 aromatic carbocycles. The molecule has 0 N–H and O–H groups in total. The summed E-state index contributed by atoms with van der Waals surface area (Å²) in [6, 6.07) is 18.5. The number of carbonyl (C=O) groups is 2. The first kappa shape index (κ1) is 17.7. The highest BCUT2D eigenvalue weighted by atomic mass is 16.5. The van der Waals surface area contributed by atoms with Gasteiger partial charge in [0.15, 0.2) is 5.78 Å². The van der Waals surface area contributed by atoms with Crippen LogP contribution in [-0.4, -0.2) is 18.4 Å². The second-order valence-corrected chi connectivity index (χ2v) is 5.78. The average Bonchev–Trinajstić information content (AvgIpc) is 2.62.